The zero-order chi connectivity index (χ0) is 24.1. The number of rotatable bonds is 4. The number of nitrogens with zero attached hydrogens (tertiary/aromatic N) is 3. The highest BCUT2D eigenvalue weighted by atomic mass is 32.1. The molecule has 1 N–H and O–H groups in total. The minimum absolute atomic E-state index is 0.293. The molecule has 3 aliphatic rings. The Morgan fingerprint density at radius 3 is 2.59 bits per heavy atom. The Bertz CT molecular complexity index is 1180. The molecule has 2 unspecified atom stereocenters. The predicted molar refractivity (Wildman–Crippen MR) is 126 cm³/mol. The van der Waals surface area contributed by atoms with Crippen molar-refractivity contribution in [3.63, 3.8) is 0 Å². The van der Waals surface area contributed by atoms with Crippen molar-refractivity contribution in [3.05, 3.63) is 65.2 Å². The second kappa shape index (κ2) is 8.06. The Morgan fingerprint density at radius 1 is 1.15 bits per heavy atom. The molecule has 10 heteroatoms. The summed E-state index contributed by atoms with van der Waals surface area (Å²) < 4.78 is 48.2. The highest BCUT2D eigenvalue weighted by molar-refractivity contribution is 7.80. The number of alkyl halides is 3. The van der Waals surface area contributed by atoms with Crippen molar-refractivity contribution in [1.82, 2.24) is 10.2 Å². The lowest BCUT2D eigenvalue weighted by Gasteiger charge is -2.33. The van der Waals surface area contributed by atoms with Crippen LogP contribution in [0, 0.1) is 0 Å². The predicted octanol–water partition coefficient (Wildman–Crippen LogP) is 4.70. The van der Waals surface area contributed by atoms with E-state index < -0.39 is 23.7 Å². The van der Waals surface area contributed by atoms with Gasteiger partial charge < -0.3 is 19.7 Å². The summed E-state index contributed by atoms with van der Waals surface area (Å²) in [5.41, 5.74) is 0.953. The molecule has 6 nitrogen and oxygen atoms in total. The van der Waals surface area contributed by atoms with Crippen LogP contribution in [0.4, 0.5) is 13.2 Å². The van der Waals surface area contributed by atoms with Crippen LogP contribution in [0.1, 0.15) is 43.2 Å². The SMILES string of the molecule is CC1(C)C=NC(c2cccc(C3(c4ccc(OC(F)(F)F)cc4)NC(=S)N4CCCN=C43)c2)O1. The smallest absolute Gasteiger partial charge is 0.406 e. The summed E-state index contributed by atoms with van der Waals surface area (Å²) in [5, 5.41) is 3.95. The minimum Gasteiger partial charge on any atom is -0.406 e. The number of benzene rings is 2. The Labute approximate surface area is 200 Å². The molecule has 3 heterocycles. The minimum atomic E-state index is -4.76. The molecule has 1 saturated heterocycles. The molecule has 2 atom stereocenters. The summed E-state index contributed by atoms with van der Waals surface area (Å²) in [4.78, 5) is 11.3. The molecule has 34 heavy (non-hydrogen) atoms. The van der Waals surface area contributed by atoms with Crippen molar-refractivity contribution in [3.8, 4) is 5.75 Å². The summed E-state index contributed by atoms with van der Waals surface area (Å²) >= 11 is 5.65. The van der Waals surface area contributed by atoms with Crippen LogP contribution in [0.2, 0.25) is 0 Å². The van der Waals surface area contributed by atoms with Gasteiger partial charge in [-0.3, -0.25) is 9.98 Å². The molecule has 0 aromatic heterocycles. The monoisotopic (exact) mass is 488 g/mol. The largest absolute Gasteiger partial charge is 0.573 e. The van der Waals surface area contributed by atoms with Gasteiger partial charge in [0.1, 0.15) is 22.7 Å². The third-order valence-corrected chi connectivity index (χ3v) is 6.32. The number of hydrogen-bond donors (Lipinski definition) is 1. The van der Waals surface area contributed by atoms with E-state index in [4.69, 9.17) is 21.9 Å². The van der Waals surface area contributed by atoms with E-state index in [9.17, 15) is 13.2 Å². The maximum absolute atomic E-state index is 12.7. The van der Waals surface area contributed by atoms with E-state index in [0.717, 1.165) is 23.4 Å². The van der Waals surface area contributed by atoms with Gasteiger partial charge in [0.15, 0.2) is 11.3 Å². The van der Waals surface area contributed by atoms with Crippen LogP contribution in [0.5, 0.6) is 5.75 Å². The molecule has 0 aliphatic carbocycles. The molecule has 178 valence electrons. The van der Waals surface area contributed by atoms with E-state index in [1.807, 2.05) is 43.0 Å². The van der Waals surface area contributed by atoms with Crippen LogP contribution in [0.15, 0.2) is 58.5 Å². The van der Waals surface area contributed by atoms with Crippen LogP contribution in [0.25, 0.3) is 0 Å². The average Bonchev–Trinajstić information content (AvgIpc) is 3.31. The van der Waals surface area contributed by atoms with Crippen LogP contribution < -0.4 is 10.1 Å². The van der Waals surface area contributed by atoms with E-state index in [1.54, 1.807) is 18.3 Å². The van der Waals surface area contributed by atoms with E-state index in [1.165, 1.54) is 12.1 Å². The lowest BCUT2D eigenvalue weighted by Crippen LogP contribution is -2.46. The maximum Gasteiger partial charge on any atom is 0.573 e. The molecule has 0 spiro atoms. The lowest BCUT2D eigenvalue weighted by molar-refractivity contribution is -0.274. The summed E-state index contributed by atoms with van der Waals surface area (Å²) in [6.07, 6.45) is -2.57. The Morgan fingerprint density at radius 2 is 1.91 bits per heavy atom. The van der Waals surface area contributed by atoms with Crippen molar-refractivity contribution >= 4 is 29.4 Å². The fraction of sp³-hybridized carbons (Fsp3) is 0.375. The highest BCUT2D eigenvalue weighted by Gasteiger charge is 2.50. The van der Waals surface area contributed by atoms with E-state index in [2.05, 4.69) is 15.0 Å². The molecule has 2 aromatic carbocycles. The van der Waals surface area contributed by atoms with Gasteiger partial charge in [0, 0.05) is 24.9 Å². The molecule has 1 fully saturated rings. The molecule has 0 saturated carbocycles. The van der Waals surface area contributed by atoms with Crippen molar-refractivity contribution in [1.29, 1.82) is 0 Å². The number of halogens is 3. The molecule has 2 aromatic rings. The Balaban J connectivity index is 1.61. The average molecular weight is 489 g/mol. The van der Waals surface area contributed by atoms with E-state index in [-0.39, 0.29) is 5.75 Å². The molecule has 5 rings (SSSR count). The summed E-state index contributed by atoms with van der Waals surface area (Å²) in [6, 6.07) is 13.6. The van der Waals surface area contributed by atoms with Gasteiger partial charge in [0.25, 0.3) is 0 Å². The third kappa shape index (κ3) is 4.05. The first-order valence-corrected chi connectivity index (χ1v) is 11.3. The Kier molecular flexibility index (Phi) is 5.40. The van der Waals surface area contributed by atoms with E-state index in [0.29, 0.717) is 23.8 Å². The molecule has 0 amide bonds. The first-order chi connectivity index (χ1) is 16.1. The number of aliphatic imine (C=N–C) groups is 2. The first-order valence-electron chi connectivity index (χ1n) is 10.9. The van der Waals surface area contributed by atoms with Gasteiger partial charge in [-0.2, -0.15) is 0 Å². The second-order valence-corrected chi connectivity index (χ2v) is 9.33. The van der Waals surface area contributed by atoms with Crippen LogP contribution in [0.3, 0.4) is 0 Å². The number of amidine groups is 1. The fourth-order valence-corrected chi connectivity index (χ4v) is 4.89. The molecular formula is C24H23F3N4O2S. The summed E-state index contributed by atoms with van der Waals surface area (Å²) in [5.74, 6) is 0.431. The van der Waals surface area contributed by atoms with Crippen LogP contribution in [-0.4, -0.2) is 47.1 Å². The van der Waals surface area contributed by atoms with Gasteiger partial charge in [-0.25, -0.2) is 0 Å². The molecular weight excluding hydrogens is 465 g/mol. The van der Waals surface area contributed by atoms with Crippen molar-refractivity contribution in [2.24, 2.45) is 9.98 Å². The van der Waals surface area contributed by atoms with Crippen LogP contribution in [-0.2, 0) is 10.3 Å². The number of hydrogen-bond acceptors (Lipinski definition) is 5. The van der Waals surface area contributed by atoms with Gasteiger partial charge in [0.2, 0.25) is 0 Å². The summed E-state index contributed by atoms with van der Waals surface area (Å²) in [6.45, 7) is 5.23. The molecule has 0 radical (unpaired) electrons. The van der Waals surface area contributed by atoms with Gasteiger partial charge in [0.05, 0.1) is 0 Å². The Hall–Kier alpha value is -2.98. The first kappa shape index (κ1) is 22.8. The highest BCUT2D eigenvalue weighted by Crippen LogP contribution is 2.41. The number of ether oxygens (including phenoxy) is 2. The standard InChI is InChI=1S/C24H23F3N4O2S/c1-22(2)14-29-19(33-22)15-5-3-6-17(13-15)23(20-28-11-4-12-31(20)21(34)30-23)16-7-9-18(10-8-16)32-24(25,26)27/h3,5-10,13-14,19H,4,11-12H2,1-2H3,(H,30,34). The topological polar surface area (TPSA) is 58.5 Å². The van der Waals surface area contributed by atoms with E-state index >= 15 is 0 Å². The van der Waals surface area contributed by atoms with Gasteiger partial charge in [-0.05, 0) is 61.8 Å². The zero-order valence-corrected chi connectivity index (χ0v) is 19.4. The number of thiocarbonyl (C=S) groups is 1. The lowest BCUT2D eigenvalue weighted by atomic mass is 9.81. The summed E-state index contributed by atoms with van der Waals surface area (Å²) in [7, 11) is 0. The number of nitrogens with one attached hydrogen (secondary N) is 1. The van der Waals surface area contributed by atoms with Crippen molar-refractivity contribution in [2.75, 3.05) is 13.1 Å². The normalized spacial score (nSPS) is 25.7. The van der Waals surface area contributed by atoms with Gasteiger partial charge in [-0.1, -0.05) is 30.3 Å². The second-order valence-electron chi connectivity index (χ2n) is 8.94. The maximum atomic E-state index is 12.7. The zero-order valence-electron chi connectivity index (χ0n) is 18.6. The number of fused-ring (bicyclic) bond motifs is 1. The van der Waals surface area contributed by atoms with Crippen molar-refractivity contribution < 1.29 is 22.6 Å². The van der Waals surface area contributed by atoms with Crippen LogP contribution >= 0.6 is 12.2 Å². The van der Waals surface area contributed by atoms with Gasteiger partial charge in [-0.15, -0.1) is 13.2 Å². The van der Waals surface area contributed by atoms with Gasteiger partial charge >= 0.3 is 6.36 Å². The molecule has 3 aliphatic heterocycles. The van der Waals surface area contributed by atoms with Crippen molar-refractivity contribution in [2.45, 2.75) is 44.0 Å². The fourth-order valence-electron chi connectivity index (χ4n) is 4.56. The third-order valence-electron chi connectivity index (χ3n) is 5.99. The molecule has 0 bridgehead atoms. The quantitative estimate of drug-likeness (QED) is 0.633.